The van der Waals surface area contributed by atoms with Gasteiger partial charge in [0.1, 0.15) is 6.04 Å². The highest BCUT2D eigenvalue weighted by Crippen LogP contribution is 2.37. The number of rotatable bonds is 3. The van der Waals surface area contributed by atoms with E-state index in [0.717, 1.165) is 29.2 Å². The molecule has 2 aromatic rings. The zero-order valence-corrected chi connectivity index (χ0v) is 15.3. The minimum Gasteiger partial charge on any atom is -0.261 e. The molecule has 0 radical (unpaired) electrons. The standard InChI is InChI=1S/C22H21N5/c1-16-15-19(9-12-23-16)27-21(10-13-24-27)22-20(17-7-8-17)11-14-26(25-22)18-5-3-2-4-6-18/h2-6,9,11-15,21H,7-8,10H2,1H3. The Morgan fingerprint density at radius 1 is 1.04 bits per heavy atom. The molecule has 5 heteroatoms. The van der Waals surface area contributed by atoms with Gasteiger partial charge in [-0.2, -0.15) is 10.2 Å². The van der Waals surface area contributed by atoms with Gasteiger partial charge in [-0.3, -0.25) is 9.99 Å². The molecule has 1 saturated carbocycles. The van der Waals surface area contributed by atoms with Crippen molar-refractivity contribution in [1.29, 1.82) is 0 Å². The first kappa shape index (κ1) is 16.0. The minimum absolute atomic E-state index is 0.103. The maximum atomic E-state index is 5.04. The van der Waals surface area contributed by atoms with Gasteiger partial charge in [-0.05, 0) is 50.1 Å². The second-order valence-electron chi connectivity index (χ2n) is 7.05. The number of hydrogen-bond acceptors (Lipinski definition) is 5. The van der Waals surface area contributed by atoms with Crippen molar-refractivity contribution < 1.29 is 0 Å². The van der Waals surface area contributed by atoms with E-state index in [-0.39, 0.29) is 6.04 Å². The Balaban J connectivity index is 1.54. The average molecular weight is 355 g/mol. The summed E-state index contributed by atoms with van der Waals surface area (Å²) in [4.78, 5) is 4.32. The number of para-hydroxylation sites is 1. The Bertz CT molecular complexity index is 981. The Morgan fingerprint density at radius 2 is 1.89 bits per heavy atom. The number of aromatic nitrogens is 1. The molecule has 0 bridgehead atoms. The lowest BCUT2D eigenvalue weighted by Crippen LogP contribution is -2.38. The van der Waals surface area contributed by atoms with E-state index in [1.807, 2.05) is 48.6 Å². The Hall–Kier alpha value is -3.21. The van der Waals surface area contributed by atoms with E-state index in [1.165, 1.54) is 24.0 Å². The third kappa shape index (κ3) is 3.05. The van der Waals surface area contributed by atoms with Gasteiger partial charge < -0.3 is 0 Å². The Morgan fingerprint density at radius 3 is 2.67 bits per heavy atom. The summed E-state index contributed by atoms with van der Waals surface area (Å²) >= 11 is 0. The van der Waals surface area contributed by atoms with E-state index >= 15 is 0 Å². The largest absolute Gasteiger partial charge is 0.261 e. The van der Waals surface area contributed by atoms with E-state index in [0.29, 0.717) is 0 Å². The molecule has 1 aromatic heterocycles. The summed E-state index contributed by atoms with van der Waals surface area (Å²) in [6.45, 7) is 2.01. The quantitative estimate of drug-likeness (QED) is 0.818. The molecule has 134 valence electrons. The predicted octanol–water partition coefficient (Wildman–Crippen LogP) is 4.43. The van der Waals surface area contributed by atoms with Crippen LogP contribution in [0.25, 0.3) is 0 Å². The lowest BCUT2D eigenvalue weighted by molar-refractivity contribution is 0.810. The number of nitrogens with zero attached hydrogens (tertiary/aromatic N) is 5. The van der Waals surface area contributed by atoms with Gasteiger partial charge in [-0.25, -0.2) is 5.01 Å². The first-order chi connectivity index (χ1) is 13.3. The van der Waals surface area contributed by atoms with Gasteiger partial charge in [0.25, 0.3) is 0 Å². The molecular weight excluding hydrogens is 334 g/mol. The molecule has 1 aliphatic carbocycles. The highest BCUT2D eigenvalue weighted by atomic mass is 15.5. The van der Waals surface area contributed by atoms with Crippen molar-refractivity contribution >= 4 is 23.3 Å². The van der Waals surface area contributed by atoms with Crippen LogP contribution in [0.15, 0.2) is 82.3 Å². The van der Waals surface area contributed by atoms with Crippen LogP contribution in [-0.2, 0) is 0 Å². The summed E-state index contributed by atoms with van der Waals surface area (Å²) in [5.41, 5.74) is 7.00. The maximum Gasteiger partial charge on any atom is 0.102 e. The first-order valence-electron chi connectivity index (χ1n) is 9.37. The van der Waals surface area contributed by atoms with Crippen molar-refractivity contribution in [3.63, 3.8) is 0 Å². The number of pyridine rings is 1. The molecule has 1 atom stereocenters. The molecule has 2 aliphatic heterocycles. The fraction of sp³-hybridized carbons (Fsp3) is 0.227. The minimum atomic E-state index is 0.103. The number of hydrogen-bond donors (Lipinski definition) is 0. The molecule has 27 heavy (non-hydrogen) atoms. The van der Waals surface area contributed by atoms with Gasteiger partial charge in [0.2, 0.25) is 0 Å². The molecule has 3 aliphatic rings. The summed E-state index contributed by atoms with van der Waals surface area (Å²) in [7, 11) is 0. The average Bonchev–Trinajstić information content (AvgIpc) is 3.44. The van der Waals surface area contributed by atoms with Gasteiger partial charge in [0.05, 0.1) is 17.1 Å². The van der Waals surface area contributed by atoms with Gasteiger partial charge >= 0.3 is 0 Å². The van der Waals surface area contributed by atoms with Gasteiger partial charge in [0, 0.05) is 36.3 Å². The zero-order chi connectivity index (χ0) is 18.2. The Kier molecular flexibility index (Phi) is 3.85. The van der Waals surface area contributed by atoms with Crippen LogP contribution in [0.1, 0.15) is 25.0 Å². The Labute approximate surface area is 159 Å². The number of anilines is 2. The molecule has 3 heterocycles. The normalized spacial score (nSPS) is 21.1. The highest BCUT2D eigenvalue weighted by molar-refractivity contribution is 6.11. The van der Waals surface area contributed by atoms with Crippen LogP contribution in [0.4, 0.5) is 11.4 Å². The molecule has 0 N–H and O–H groups in total. The lowest BCUT2D eigenvalue weighted by atomic mass is 9.98. The van der Waals surface area contributed by atoms with E-state index in [1.54, 1.807) is 0 Å². The highest BCUT2D eigenvalue weighted by Gasteiger charge is 2.34. The topological polar surface area (TPSA) is 44.1 Å². The van der Waals surface area contributed by atoms with E-state index in [2.05, 4.69) is 45.6 Å². The van der Waals surface area contributed by atoms with E-state index in [9.17, 15) is 0 Å². The van der Waals surface area contributed by atoms with Crippen molar-refractivity contribution in [2.75, 3.05) is 10.0 Å². The summed E-state index contributed by atoms with van der Waals surface area (Å²) < 4.78 is 0. The van der Waals surface area contributed by atoms with E-state index in [4.69, 9.17) is 5.10 Å². The van der Waals surface area contributed by atoms with Crippen molar-refractivity contribution in [1.82, 2.24) is 4.98 Å². The molecule has 5 nitrogen and oxygen atoms in total. The third-order valence-corrected chi connectivity index (χ3v) is 5.07. The maximum absolute atomic E-state index is 5.04. The van der Waals surface area contributed by atoms with Crippen LogP contribution in [-0.4, -0.2) is 23.0 Å². The molecule has 0 saturated heterocycles. The summed E-state index contributed by atoms with van der Waals surface area (Å²) in [5.74, 6) is 0. The smallest absolute Gasteiger partial charge is 0.102 e. The van der Waals surface area contributed by atoms with Gasteiger partial charge in [-0.15, -0.1) is 0 Å². The molecule has 1 unspecified atom stereocenters. The molecule has 1 fully saturated rings. The first-order valence-corrected chi connectivity index (χ1v) is 9.37. The van der Waals surface area contributed by atoms with Crippen LogP contribution in [0, 0.1) is 6.92 Å². The summed E-state index contributed by atoms with van der Waals surface area (Å²) in [6.07, 6.45) is 11.3. The van der Waals surface area contributed by atoms with Gasteiger partial charge in [0.15, 0.2) is 0 Å². The molecule has 0 amide bonds. The van der Waals surface area contributed by atoms with Crippen LogP contribution in [0.2, 0.25) is 0 Å². The van der Waals surface area contributed by atoms with Crippen LogP contribution in [0.5, 0.6) is 0 Å². The fourth-order valence-electron chi connectivity index (χ4n) is 3.60. The number of benzene rings is 1. The van der Waals surface area contributed by atoms with Crippen LogP contribution >= 0.6 is 0 Å². The third-order valence-electron chi connectivity index (χ3n) is 5.07. The SMILES string of the molecule is Cc1cc(N2N=CCC2C2=NN(c3ccccc3)C=CC2=C2CC2)ccn1. The molecule has 1 aromatic carbocycles. The van der Waals surface area contributed by atoms with Crippen molar-refractivity contribution in [2.24, 2.45) is 10.2 Å². The van der Waals surface area contributed by atoms with Crippen LogP contribution < -0.4 is 10.0 Å². The van der Waals surface area contributed by atoms with Gasteiger partial charge in [-0.1, -0.05) is 23.8 Å². The zero-order valence-electron chi connectivity index (χ0n) is 15.3. The second kappa shape index (κ2) is 6.50. The fourth-order valence-corrected chi connectivity index (χ4v) is 3.60. The summed E-state index contributed by atoms with van der Waals surface area (Å²) in [5, 5.41) is 13.7. The van der Waals surface area contributed by atoms with Crippen molar-refractivity contribution in [3.05, 3.63) is 77.8 Å². The predicted molar refractivity (Wildman–Crippen MR) is 110 cm³/mol. The number of aryl methyl sites for hydroxylation is 1. The summed E-state index contributed by atoms with van der Waals surface area (Å²) in [6, 6.07) is 14.5. The van der Waals surface area contributed by atoms with Crippen LogP contribution in [0.3, 0.4) is 0 Å². The number of allylic oxidation sites excluding steroid dienone is 2. The second-order valence-corrected chi connectivity index (χ2v) is 7.05. The van der Waals surface area contributed by atoms with Crippen molar-refractivity contribution in [2.45, 2.75) is 32.2 Å². The lowest BCUT2D eigenvalue weighted by Gasteiger charge is -2.29. The monoisotopic (exact) mass is 355 g/mol. The van der Waals surface area contributed by atoms with Crippen molar-refractivity contribution in [3.8, 4) is 0 Å². The molecular formula is C22H21N5. The van der Waals surface area contributed by atoms with E-state index < -0.39 is 0 Å². The molecule has 0 spiro atoms. The number of hydrazone groups is 2. The molecule has 5 rings (SSSR count).